The lowest BCUT2D eigenvalue weighted by molar-refractivity contribution is 0.414. The quantitative estimate of drug-likeness (QED) is 0.515. The summed E-state index contributed by atoms with van der Waals surface area (Å²) in [5.41, 5.74) is 3.26. The monoisotopic (exact) mass is 413 g/mol. The molecule has 1 aliphatic rings. The van der Waals surface area contributed by atoms with Crippen LogP contribution in [-0.4, -0.2) is 34.0 Å². The van der Waals surface area contributed by atoms with E-state index in [-0.39, 0.29) is 11.3 Å². The molecule has 152 valence electrons. The molecule has 0 bridgehead atoms. The summed E-state index contributed by atoms with van der Waals surface area (Å²) in [6.07, 6.45) is 5.34. The van der Waals surface area contributed by atoms with E-state index in [2.05, 4.69) is 9.98 Å². The van der Waals surface area contributed by atoms with Gasteiger partial charge in [-0.1, -0.05) is 6.08 Å². The minimum absolute atomic E-state index is 0.0705. The Labute approximate surface area is 176 Å². The van der Waals surface area contributed by atoms with Gasteiger partial charge in [-0.25, -0.2) is 9.18 Å². The minimum atomic E-state index is -0.655. The molecule has 8 heteroatoms. The fourth-order valence-electron chi connectivity index (χ4n) is 3.93. The molecule has 0 aliphatic carbocycles. The van der Waals surface area contributed by atoms with E-state index in [0.29, 0.717) is 34.2 Å². The number of methoxy groups -OCH3 is 1. The first-order chi connectivity index (χ1) is 15.0. The van der Waals surface area contributed by atoms with Crippen LogP contribution in [0.15, 0.2) is 52.4 Å². The lowest BCUT2D eigenvalue weighted by atomic mass is 10.0. The predicted molar refractivity (Wildman–Crippen MR) is 116 cm³/mol. The van der Waals surface area contributed by atoms with Crippen LogP contribution in [0.5, 0.6) is 5.75 Å². The van der Waals surface area contributed by atoms with Gasteiger partial charge < -0.3 is 4.74 Å². The fourth-order valence-corrected chi connectivity index (χ4v) is 3.93. The summed E-state index contributed by atoms with van der Waals surface area (Å²) < 4.78 is 23.2. The normalized spacial score (nSPS) is 13.0. The maximum atomic E-state index is 14.9. The molecule has 31 heavy (non-hydrogen) atoms. The zero-order chi connectivity index (χ0) is 21.7. The number of nitriles is 1. The molecule has 7 nitrogen and oxygen atoms in total. The van der Waals surface area contributed by atoms with E-state index in [1.807, 2.05) is 18.2 Å². The van der Waals surface area contributed by atoms with Crippen molar-refractivity contribution >= 4 is 33.7 Å². The Morgan fingerprint density at radius 2 is 2.10 bits per heavy atom. The molecule has 4 aromatic rings. The highest BCUT2D eigenvalue weighted by molar-refractivity contribution is 6.15. The number of halogens is 1. The van der Waals surface area contributed by atoms with E-state index in [0.717, 1.165) is 17.2 Å². The van der Waals surface area contributed by atoms with Crippen LogP contribution < -0.4 is 10.4 Å². The van der Waals surface area contributed by atoms with E-state index in [1.54, 1.807) is 32.6 Å². The molecule has 2 aromatic carbocycles. The van der Waals surface area contributed by atoms with Crippen molar-refractivity contribution in [3.63, 3.8) is 0 Å². The number of rotatable bonds is 3. The van der Waals surface area contributed by atoms with Crippen LogP contribution in [0, 0.1) is 17.1 Å². The van der Waals surface area contributed by atoms with Gasteiger partial charge in [0.2, 0.25) is 0 Å². The van der Waals surface area contributed by atoms with Gasteiger partial charge in [0.15, 0.2) is 0 Å². The molecule has 0 unspecified atom stereocenters. The van der Waals surface area contributed by atoms with Crippen LogP contribution in [0.2, 0.25) is 0 Å². The summed E-state index contributed by atoms with van der Waals surface area (Å²) in [5, 5.41) is 9.73. The van der Waals surface area contributed by atoms with Crippen molar-refractivity contribution in [3.8, 4) is 17.5 Å². The van der Waals surface area contributed by atoms with Crippen molar-refractivity contribution in [3.05, 3.63) is 70.0 Å². The first kappa shape index (κ1) is 18.8. The molecule has 3 heterocycles. The van der Waals surface area contributed by atoms with Crippen molar-refractivity contribution < 1.29 is 9.13 Å². The van der Waals surface area contributed by atoms with Gasteiger partial charge in [-0.15, -0.1) is 0 Å². The minimum Gasteiger partial charge on any atom is -0.496 e. The highest BCUT2D eigenvalue weighted by atomic mass is 19.1. The van der Waals surface area contributed by atoms with Gasteiger partial charge >= 0.3 is 5.69 Å². The number of aliphatic imine (C=N–C) groups is 1. The summed E-state index contributed by atoms with van der Waals surface area (Å²) in [4.78, 5) is 21.9. The van der Waals surface area contributed by atoms with Gasteiger partial charge in [0.25, 0.3) is 0 Å². The maximum Gasteiger partial charge on any atom is 0.333 e. The molecular formula is C23H16FN5O2. The van der Waals surface area contributed by atoms with Crippen molar-refractivity contribution in [2.24, 2.45) is 12.0 Å². The zero-order valence-electron chi connectivity index (χ0n) is 16.8. The average Bonchev–Trinajstić information content (AvgIpc) is 3.40. The van der Waals surface area contributed by atoms with Gasteiger partial charge in [0.05, 0.1) is 53.7 Å². The Morgan fingerprint density at radius 3 is 2.77 bits per heavy atom. The lowest BCUT2D eigenvalue weighted by Crippen LogP contribution is -2.21. The summed E-state index contributed by atoms with van der Waals surface area (Å²) in [5.74, 6) is -0.0219. The van der Waals surface area contributed by atoms with E-state index < -0.39 is 11.5 Å². The SMILES string of the molecule is COc1cc2ncc3c(c2cc1C1=CCN=C1)n(-c1ccc(C#N)cc1F)c(=O)n3C. The highest BCUT2D eigenvalue weighted by Gasteiger charge is 2.21. The van der Waals surface area contributed by atoms with Crippen molar-refractivity contribution in [1.29, 1.82) is 5.26 Å². The topological polar surface area (TPSA) is 85.2 Å². The lowest BCUT2D eigenvalue weighted by Gasteiger charge is -2.12. The number of hydrogen-bond donors (Lipinski definition) is 0. The molecule has 1 aliphatic heterocycles. The summed E-state index contributed by atoms with van der Waals surface area (Å²) in [7, 11) is 3.20. The number of aromatic nitrogens is 3. The number of pyridine rings is 1. The molecule has 0 N–H and O–H groups in total. The molecule has 0 saturated heterocycles. The fraction of sp³-hybridized carbons (Fsp3) is 0.130. The van der Waals surface area contributed by atoms with Gasteiger partial charge in [-0.05, 0) is 24.3 Å². The van der Waals surface area contributed by atoms with Crippen LogP contribution in [0.1, 0.15) is 11.1 Å². The number of aryl methyl sites for hydroxylation is 1. The van der Waals surface area contributed by atoms with Crippen molar-refractivity contribution in [2.75, 3.05) is 13.7 Å². The van der Waals surface area contributed by atoms with Gasteiger partial charge in [0, 0.05) is 35.9 Å². The van der Waals surface area contributed by atoms with Crippen LogP contribution in [0.4, 0.5) is 4.39 Å². The van der Waals surface area contributed by atoms with Crippen LogP contribution in [-0.2, 0) is 7.05 Å². The second kappa shape index (κ2) is 6.92. The number of benzene rings is 2. The molecule has 0 atom stereocenters. The van der Waals surface area contributed by atoms with Crippen LogP contribution >= 0.6 is 0 Å². The van der Waals surface area contributed by atoms with E-state index in [1.165, 1.54) is 21.3 Å². The Hall–Kier alpha value is -4.25. The predicted octanol–water partition coefficient (Wildman–Crippen LogP) is 3.36. The second-order valence-electron chi connectivity index (χ2n) is 7.17. The molecule has 0 amide bonds. The molecular weight excluding hydrogens is 397 g/mol. The molecule has 0 saturated carbocycles. The summed E-state index contributed by atoms with van der Waals surface area (Å²) >= 11 is 0. The Morgan fingerprint density at radius 1 is 1.26 bits per heavy atom. The Bertz CT molecular complexity index is 1550. The van der Waals surface area contributed by atoms with Crippen molar-refractivity contribution in [2.45, 2.75) is 0 Å². The number of imidazole rings is 1. The average molecular weight is 413 g/mol. The number of ether oxygens (including phenoxy) is 1. The largest absolute Gasteiger partial charge is 0.496 e. The third-order valence-corrected chi connectivity index (χ3v) is 5.48. The molecule has 0 spiro atoms. The first-order valence-electron chi connectivity index (χ1n) is 9.52. The molecule has 0 fully saturated rings. The molecule has 2 aromatic heterocycles. The van der Waals surface area contributed by atoms with Crippen molar-refractivity contribution in [1.82, 2.24) is 14.1 Å². The van der Waals surface area contributed by atoms with Gasteiger partial charge in [0.1, 0.15) is 11.6 Å². The molecule has 5 rings (SSSR count). The van der Waals surface area contributed by atoms with Gasteiger partial charge in [-0.3, -0.25) is 19.1 Å². The van der Waals surface area contributed by atoms with Gasteiger partial charge in [-0.2, -0.15) is 5.26 Å². The zero-order valence-corrected chi connectivity index (χ0v) is 16.8. The standard InChI is InChI=1S/C23H16FN5O2/c1-28-20-12-27-18-9-21(31-2)15(14-5-6-26-11-14)8-16(18)22(20)29(23(28)30)19-4-3-13(10-25)7-17(19)24/h3-5,7-9,11-12H,6H2,1-2H3. The van der Waals surface area contributed by atoms with Crippen LogP contribution in [0.3, 0.4) is 0 Å². The second-order valence-corrected chi connectivity index (χ2v) is 7.17. The number of fused-ring (bicyclic) bond motifs is 3. The summed E-state index contributed by atoms with van der Waals surface area (Å²) in [6, 6.07) is 9.65. The number of nitrogens with zero attached hydrogens (tertiary/aromatic N) is 5. The third kappa shape index (κ3) is 2.74. The highest BCUT2D eigenvalue weighted by Crippen LogP contribution is 2.34. The maximum absolute atomic E-state index is 14.9. The third-order valence-electron chi connectivity index (χ3n) is 5.48. The number of allylic oxidation sites excluding steroid dienone is 1. The van der Waals surface area contributed by atoms with Crippen LogP contribution in [0.25, 0.3) is 33.2 Å². The Balaban J connectivity index is 1.92. The van der Waals surface area contributed by atoms with E-state index in [4.69, 9.17) is 10.00 Å². The Kier molecular flexibility index (Phi) is 4.19. The smallest absolute Gasteiger partial charge is 0.333 e. The molecule has 0 radical (unpaired) electrons. The number of hydrogen-bond acceptors (Lipinski definition) is 5. The van der Waals surface area contributed by atoms with E-state index >= 15 is 0 Å². The summed E-state index contributed by atoms with van der Waals surface area (Å²) in [6.45, 7) is 0.589. The van der Waals surface area contributed by atoms with E-state index in [9.17, 15) is 9.18 Å². The first-order valence-corrected chi connectivity index (χ1v) is 9.52.